The lowest BCUT2D eigenvalue weighted by atomic mass is 9.90. The molecule has 0 fully saturated rings. The molecule has 2 atom stereocenters. The summed E-state index contributed by atoms with van der Waals surface area (Å²) in [7, 11) is 0. The second kappa shape index (κ2) is 11.2. The summed E-state index contributed by atoms with van der Waals surface area (Å²) in [4.78, 5) is 17.5. The molecule has 0 N–H and O–H groups in total. The first kappa shape index (κ1) is 27.0. The lowest BCUT2D eigenvalue weighted by Crippen LogP contribution is -2.22. The highest BCUT2D eigenvalue weighted by molar-refractivity contribution is 6.04. The normalized spacial score (nSPS) is 17.2. The minimum atomic E-state index is -4.78. The van der Waals surface area contributed by atoms with E-state index in [0.29, 0.717) is 23.1 Å². The van der Waals surface area contributed by atoms with Gasteiger partial charge in [0.1, 0.15) is 17.4 Å². The molecule has 0 bridgehead atoms. The molecule has 198 valence electrons. The van der Waals surface area contributed by atoms with Gasteiger partial charge in [0.05, 0.1) is 24.1 Å². The Hall–Kier alpha value is -4.01. The van der Waals surface area contributed by atoms with E-state index in [1.165, 1.54) is 30.3 Å². The van der Waals surface area contributed by atoms with Crippen LogP contribution in [0.3, 0.4) is 0 Å². The minimum absolute atomic E-state index is 0.00313. The molecular formula is C29H24F5NO3. The Morgan fingerprint density at radius 3 is 2.11 bits per heavy atom. The Balaban J connectivity index is 1.60. The number of benzene rings is 3. The Morgan fingerprint density at radius 1 is 0.974 bits per heavy atom. The number of esters is 1. The predicted octanol–water partition coefficient (Wildman–Crippen LogP) is 7.59. The van der Waals surface area contributed by atoms with Crippen molar-refractivity contribution in [2.45, 2.75) is 32.2 Å². The molecule has 38 heavy (non-hydrogen) atoms. The first-order valence-corrected chi connectivity index (χ1v) is 11.8. The molecule has 0 radical (unpaired) electrons. The zero-order chi connectivity index (χ0) is 27.4. The van der Waals surface area contributed by atoms with Crippen molar-refractivity contribution in [3.05, 3.63) is 102 Å². The zero-order valence-corrected chi connectivity index (χ0v) is 20.4. The van der Waals surface area contributed by atoms with Crippen molar-refractivity contribution in [2.24, 2.45) is 10.9 Å². The number of ether oxygens (including phenoxy) is 2. The number of carbonyl (C=O) groups is 1. The second-order valence-electron chi connectivity index (χ2n) is 9.00. The lowest BCUT2D eigenvalue weighted by molar-refractivity contribution is -0.274. The standard InChI is InChI=1S/C29H24F5NO3/c1-17(2)14-15-37-28(36)22-16-25(26-23(30)4-3-5-24(26)31)35-27(22)20-8-6-18(7-9-20)19-10-12-21(13-11-19)38-29(32,33)34/h3-13,22,27H,1,14-16H2,2H3/t22-,27?/m0/s1. The van der Waals surface area contributed by atoms with E-state index in [1.54, 1.807) is 24.3 Å². The van der Waals surface area contributed by atoms with Gasteiger partial charge in [-0.25, -0.2) is 8.78 Å². The molecule has 1 unspecified atom stereocenters. The van der Waals surface area contributed by atoms with Crippen LogP contribution in [-0.4, -0.2) is 24.7 Å². The third kappa shape index (κ3) is 6.45. The van der Waals surface area contributed by atoms with E-state index in [1.807, 2.05) is 6.92 Å². The van der Waals surface area contributed by atoms with Crippen LogP contribution in [0.2, 0.25) is 0 Å². The van der Waals surface area contributed by atoms with Gasteiger partial charge >= 0.3 is 12.3 Å². The van der Waals surface area contributed by atoms with Gasteiger partial charge in [0.2, 0.25) is 0 Å². The van der Waals surface area contributed by atoms with Gasteiger partial charge in [-0.3, -0.25) is 9.79 Å². The van der Waals surface area contributed by atoms with Crippen LogP contribution >= 0.6 is 0 Å². The third-order valence-electron chi connectivity index (χ3n) is 6.09. The quantitative estimate of drug-likeness (QED) is 0.172. The van der Waals surface area contributed by atoms with E-state index < -0.39 is 35.9 Å². The summed E-state index contributed by atoms with van der Waals surface area (Å²) in [5.41, 5.74) is 2.68. The number of rotatable bonds is 8. The maximum atomic E-state index is 14.5. The van der Waals surface area contributed by atoms with Crippen molar-refractivity contribution in [3.63, 3.8) is 0 Å². The summed E-state index contributed by atoms with van der Waals surface area (Å²) in [5, 5.41) is 0. The fourth-order valence-electron chi connectivity index (χ4n) is 4.24. The number of aliphatic imine (C=N–C) groups is 1. The number of hydrogen-bond donors (Lipinski definition) is 0. The summed E-state index contributed by atoms with van der Waals surface area (Å²) >= 11 is 0. The van der Waals surface area contributed by atoms with Gasteiger partial charge in [-0.2, -0.15) is 0 Å². The average molecular weight is 530 g/mol. The minimum Gasteiger partial charge on any atom is -0.465 e. The summed E-state index contributed by atoms with van der Waals surface area (Å²) < 4.78 is 75.6. The van der Waals surface area contributed by atoms with Gasteiger partial charge in [0.25, 0.3) is 0 Å². The zero-order valence-electron chi connectivity index (χ0n) is 20.4. The van der Waals surface area contributed by atoms with Crippen molar-refractivity contribution in [1.82, 2.24) is 0 Å². The van der Waals surface area contributed by atoms with E-state index in [2.05, 4.69) is 16.3 Å². The van der Waals surface area contributed by atoms with Gasteiger partial charge in [-0.1, -0.05) is 48.0 Å². The van der Waals surface area contributed by atoms with Crippen LogP contribution in [0.4, 0.5) is 22.0 Å². The molecule has 1 aliphatic rings. The van der Waals surface area contributed by atoms with Crippen LogP contribution in [0.15, 0.2) is 83.9 Å². The van der Waals surface area contributed by atoms with Crippen LogP contribution in [0, 0.1) is 17.6 Å². The van der Waals surface area contributed by atoms with Crippen molar-refractivity contribution >= 4 is 11.7 Å². The van der Waals surface area contributed by atoms with Gasteiger partial charge < -0.3 is 9.47 Å². The van der Waals surface area contributed by atoms with E-state index >= 15 is 0 Å². The number of hydrogen-bond acceptors (Lipinski definition) is 4. The van der Waals surface area contributed by atoms with Crippen molar-refractivity contribution < 1.29 is 36.2 Å². The highest BCUT2D eigenvalue weighted by Crippen LogP contribution is 2.39. The number of nitrogens with zero attached hydrogens (tertiary/aromatic N) is 1. The SMILES string of the molecule is C=C(C)CCOC(=O)[C@H]1CC(c2c(F)cccc2F)=NC1c1ccc(-c2ccc(OC(F)(F)F)cc2)cc1. The van der Waals surface area contributed by atoms with Gasteiger partial charge in [0, 0.05) is 18.6 Å². The van der Waals surface area contributed by atoms with Crippen LogP contribution < -0.4 is 4.74 Å². The van der Waals surface area contributed by atoms with Crippen LogP contribution in [0.5, 0.6) is 5.75 Å². The third-order valence-corrected chi connectivity index (χ3v) is 6.09. The summed E-state index contributed by atoms with van der Waals surface area (Å²) in [6.07, 6.45) is -4.30. The van der Waals surface area contributed by atoms with Gasteiger partial charge in [-0.15, -0.1) is 19.8 Å². The number of alkyl halides is 3. The van der Waals surface area contributed by atoms with E-state index in [-0.39, 0.29) is 30.1 Å². The Morgan fingerprint density at radius 2 is 1.55 bits per heavy atom. The maximum absolute atomic E-state index is 14.5. The molecule has 1 heterocycles. The molecule has 0 saturated heterocycles. The van der Waals surface area contributed by atoms with Gasteiger partial charge in [-0.05, 0) is 47.9 Å². The van der Waals surface area contributed by atoms with Crippen molar-refractivity contribution in [2.75, 3.05) is 6.61 Å². The van der Waals surface area contributed by atoms with Crippen LogP contribution in [-0.2, 0) is 9.53 Å². The highest BCUT2D eigenvalue weighted by atomic mass is 19.4. The van der Waals surface area contributed by atoms with E-state index in [9.17, 15) is 26.7 Å². The van der Waals surface area contributed by atoms with E-state index in [4.69, 9.17) is 4.74 Å². The van der Waals surface area contributed by atoms with E-state index in [0.717, 1.165) is 17.7 Å². The summed E-state index contributed by atoms with van der Waals surface area (Å²) in [6.45, 7) is 5.73. The maximum Gasteiger partial charge on any atom is 0.573 e. The molecule has 9 heteroatoms. The molecule has 0 aromatic heterocycles. The average Bonchev–Trinajstić information content (AvgIpc) is 3.28. The number of halogens is 5. The van der Waals surface area contributed by atoms with Crippen molar-refractivity contribution in [3.8, 4) is 16.9 Å². The summed E-state index contributed by atoms with van der Waals surface area (Å²) in [6, 6.07) is 15.1. The van der Waals surface area contributed by atoms with Crippen LogP contribution in [0.1, 0.15) is 36.9 Å². The second-order valence-corrected chi connectivity index (χ2v) is 9.00. The molecule has 0 amide bonds. The van der Waals surface area contributed by atoms with Crippen molar-refractivity contribution in [1.29, 1.82) is 0 Å². The van der Waals surface area contributed by atoms with Gasteiger partial charge in [0.15, 0.2) is 0 Å². The number of carbonyl (C=O) groups excluding carboxylic acids is 1. The Bertz CT molecular complexity index is 1330. The fourth-order valence-corrected chi connectivity index (χ4v) is 4.24. The first-order valence-electron chi connectivity index (χ1n) is 11.8. The lowest BCUT2D eigenvalue weighted by Gasteiger charge is -2.18. The topological polar surface area (TPSA) is 47.9 Å². The molecule has 0 aliphatic carbocycles. The molecule has 0 saturated carbocycles. The van der Waals surface area contributed by atoms with Crippen LogP contribution in [0.25, 0.3) is 11.1 Å². The monoisotopic (exact) mass is 529 g/mol. The smallest absolute Gasteiger partial charge is 0.465 e. The Labute approximate surface area is 216 Å². The highest BCUT2D eigenvalue weighted by Gasteiger charge is 2.39. The largest absolute Gasteiger partial charge is 0.573 e. The fraction of sp³-hybridized carbons (Fsp3) is 0.241. The summed E-state index contributed by atoms with van der Waals surface area (Å²) in [5.74, 6) is -3.20. The molecule has 4 nitrogen and oxygen atoms in total. The molecule has 0 spiro atoms. The molecular weight excluding hydrogens is 505 g/mol. The molecule has 4 rings (SSSR count). The molecule has 3 aromatic carbocycles. The predicted molar refractivity (Wildman–Crippen MR) is 133 cm³/mol. The molecule has 1 aliphatic heterocycles. The first-order chi connectivity index (χ1) is 18.0. The Kier molecular flexibility index (Phi) is 7.94. The molecule has 3 aromatic rings.